The van der Waals surface area contributed by atoms with Crippen LogP contribution in [0.5, 0.6) is 0 Å². The van der Waals surface area contributed by atoms with E-state index in [0.717, 1.165) is 0 Å². The van der Waals surface area contributed by atoms with Crippen LogP contribution in [-0.4, -0.2) is 38.6 Å². The van der Waals surface area contributed by atoms with Crippen LogP contribution < -0.4 is 0 Å². The van der Waals surface area contributed by atoms with E-state index >= 15 is 0 Å². The fraction of sp³-hybridized carbons (Fsp3) is 0.333. The van der Waals surface area contributed by atoms with Crippen LogP contribution in [0.1, 0.15) is 23.7 Å². The minimum absolute atomic E-state index is 0.159. The highest BCUT2D eigenvalue weighted by Gasteiger charge is 2.10. The molecule has 7 nitrogen and oxygen atoms in total. The van der Waals surface area contributed by atoms with E-state index < -0.39 is 5.97 Å². The second-order valence-electron chi connectivity index (χ2n) is 3.88. The number of ether oxygens (including phenoxy) is 1. The number of benzene rings is 1. The molecule has 1 heterocycles. The maximum absolute atomic E-state index is 11.3. The van der Waals surface area contributed by atoms with Gasteiger partial charge in [0, 0.05) is 0 Å². The molecular formula is C12H13N3O4. The summed E-state index contributed by atoms with van der Waals surface area (Å²) < 4.78 is 6.32. The Hall–Kier alpha value is -2.44. The van der Waals surface area contributed by atoms with Gasteiger partial charge in [-0.1, -0.05) is 5.21 Å². The van der Waals surface area contributed by atoms with Crippen LogP contribution in [0.15, 0.2) is 18.2 Å². The summed E-state index contributed by atoms with van der Waals surface area (Å²) in [5.41, 5.74) is 1.34. The van der Waals surface area contributed by atoms with E-state index in [-0.39, 0.29) is 18.0 Å². The van der Waals surface area contributed by atoms with E-state index in [1.54, 1.807) is 13.0 Å². The van der Waals surface area contributed by atoms with Gasteiger partial charge in [-0.25, -0.2) is 9.48 Å². The summed E-state index contributed by atoms with van der Waals surface area (Å²) in [6.45, 7) is 2.38. The molecular weight excluding hydrogens is 250 g/mol. The van der Waals surface area contributed by atoms with Gasteiger partial charge in [0.1, 0.15) is 5.52 Å². The number of aryl methyl sites for hydroxylation is 1. The largest absolute Gasteiger partial charge is 0.478 e. The van der Waals surface area contributed by atoms with Crippen molar-refractivity contribution >= 4 is 23.0 Å². The molecule has 2 aromatic rings. The molecule has 7 heteroatoms. The van der Waals surface area contributed by atoms with Crippen molar-refractivity contribution in [3.8, 4) is 0 Å². The number of hydrogen-bond acceptors (Lipinski definition) is 5. The number of carboxylic acid groups (broad SMARTS) is 1. The van der Waals surface area contributed by atoms with Gasteiger partial charge in [-0.3, -0.25) is 4.79 Å². The molecule has 100 valence electrons. The highest BCUT2D eigenvalue weighted by atomic mass is 16.5. The van der Waals surface area contributed by atoms with Gasteiger partial charge in [0.25, 0.3) is 0 Å². The molecule has 0 spiro atoms. The van der Waals surface area contributed by atoms with Gasteiger partial charge in [0.05, 0.1) is 30.7 Å². The zero-order valence-electron chi connectivity index (χ0n) is 10.4. The molecule has 0 saturated heterocycles. The van der Waals surface area contributed by atoms with Crippen molar-refractivity contribution in [1.82, 2.24) is 15.0 Å². The quantitative estimate of drug-likeness (QED) is 0.811. The van der Waals surface area contributed by atoms with Crippen LogP contribution in [0.3, 0.4) is 0 Å². The lowest BCUT2D eigenvalue weighted by molar-refractivity contribution is -0.143. The van der Waals surface area contributed by atoms with E-state index in [9.17, 15) is 9.59 Å². The van der Waals surface area contributed by atoms with E-state index in [0.29, 0.717) is 24.2 Å². The molecule has 0 amide bonds. The molecule has 1 aromatic carbocycles. The molecule has 0 fully saturated rings. The number of nitrogens with zero attached hydrogens (tertiary/aromatic N) is 3. The Morgan fingerprint density at radius 1 is 1.42 bits per heavy atom. The second-order valence-corrected chi connectivity index (χ2v) is 3.88. The predicted molar refractivity (Wildman–Crippen MR) is 65.7 cm³/mol. The first-order valence-corrected chi connectivity index (χ1v) is 5.84. The van der Waals surface area contributed by atoms with Crippen molar-refractivity contribution in [3.05, 3.63) is 23.8 Å². The number of aromatic carboxylic acids is 1. The molecule has 0 atom stereocenters. The van der Waals surface area contributed by atoms with Crippen molar-refractivity contribution in [3.63, 3.8) is 0 Å². The first kappa shape index (κ1) is 13.0. The summed E-state index contributed by atoms with van der Waals surface area (Å²) in [5.74, 6) is -1.33. The third-order valence-electron chi connectivity index (χ3n) is 2.59. The lowest BCUT2D eigenvalue weighted by atomic mass is 10.2. The topological polar surface area (TPSA) is 94.3 Å². The number of carboxylic acids is 1. The average Bonchev–Trinajstić information content (AvgIpc) is 2.79. The Bertz CT molecular complexity index is 620. The van der Waals surface area contributed by atoms with Crippen LogP contribution in [-0.2, 0) is 16.1 Å². The zero-order valence-corrected chi connectivity index (χ0v) is 10.4. The SMILES string of the molecule is CCOC(=O)CCn1nnc2ccc(C(=O)O)cc21. The number of carbonyl (C=O) groups is 2. The molecule has 2 rings (SSSR count). The van der Waals surface area contributed by atoms with Crippen LogP contribution in [0.2, 0.25) is 0 Å². The van der Waals surface area contributed by atoms with Crippen molar-refractivity contribution in [2.75, 3.05) is 6.61 Å². The smallest absolute Gasteiger partial charge is 0.335 e. The Morgan fingerprint density at radius 3 is 2.89 bits per heavy atom. The second kappa shape index (κ2) is 5.47. The van der Waals surface area contributed by atoms with Gasteiger partial charge >= 0.3 is 11.9 Å². The standard InChI is InChI=1S/C12H13N3O4/c1-2-19-11(16)5-6-15-10-7-8(12(17)18)3-4-9(10)13-14-15/h3-4,7H,2,5-6H2,1H3,(H,17,18). The van der Waals surface area contributed by atoms with Crippen molar-refractivity contribution in [1.29, 1.82) is 0 Å². The zero-order chi connectivity index (χ0) is 13.8. The highest BCUT2D eigenvalue weighted by molar-refractivity contribution is 5.92. The number of esters is 1. The minimum atomic E-state index is -1.01. The van der Waals surface area contributed by atoms with Gasteiger partial charge in [0.2, 0.25) is 0 Å². The molecule has 0 bridgehead atoms. The molecule has 0 saturated carbocycles. The summed E-state index contributed by atoms with van der Waals surface area (Å²) in [5, 5.41) is 16.7. The molecule has 0 unspecified atom stereocenters. The van der Waals surface area contributed by atoms with Crippen molar-refractivity contribution in [2.24, 2.45) is 0 Å². The summed E-state index contributed by atoms with van der Waals surface area (Å²) in [4.78, 5) is 22.2. The fourth-order valence-corrected chi connectivity index (χ4v) is 1.69. The summed E-state index contributed by atoms with van der Waals surface area (Å²) in [6.07, 6.45) is 0.170. The highest BCUT2D eigenvalue weighted by Crippen LogP contribution is 2.14. The number of fused-ring (bicyclic) bond motifs is 1. The Balaban J connectivity index is 2.21. The predicted octanol–water partition coefficient (Wildman–Crippen LogP) is 1.08. The molecule has 1 aromatic heterocycles. The maximum Gasteiger partial charge on any atom is 0.335 e. The van der Waals surface area contributed by atoms with E-state index in [4.69, 9.17) is 9.84 Å². The Kier molecular flexibility index (Phi) is 3.74. The third kappa shape index (κ3) is 2.87. The molecule has 19 heavy (non-hydrogen) atoms. The lowest BCUT2D eigenvalue weighted by Crippen LogP contribution is -2.10. The molecule has 0 aliphatic rings. The monoisotopic (exact) mass is 263 g/mol. The van der Waals surface area contributed by atoms with Crippen LogP contribution in [0.25, 0.3) is 11.0 Å². The number of carbonyl (C=O) groups excluding carboxylic acids is 1. The van der Waals surface area contributed by atoms with Crippen LogP contribution in [0, 0.1) is 0 Å². The molecule has 0 aliphatic heterocycles. The number of aromatic nitrogens is 3. The van der Waals surface area contributed by atoms with Gasteiger partial charge in [-0.05, 0) is 25.1 Å². The third-order valence-corrected chi connectivity index (χ3v) is 2.59. The first-order valence-electron chi connectivity index (χ1n) is 5.84. The van der Waals surface area contributed by atoms with Gasteiger partial charge < -0.3 is 9.84 Å². The Morgan fingerprint density at radius 2 is 2.21 bits per heavy atom. The van der Waals surface area contributed by atoms with E-state index in [1.807, 2.05) is 0 Å². The van der Waals surface area contributed by atoms with E-state index in [2.05, 4.69) is 10.3 Å². The van der Waals surface area contributed by atoms with Gasteiger partial charge in [-0.15, -0.1) is 5.10 Å². The summed E-state index contributed by atoms with van der Waals surface area (Å²) >= 11 is 0. The van der Waals surface area contributed by atoms with Crippen LogP contribution in [0.4, 0.5) is 0 Å². The minimum Gasteiger partial charge on any atom is -0.478 e. The number of hydrogen-bond donors (Lipinski definition) is 1. The van der Waals surface area contributed by atoms with Gasteiger partial charge in [-0.2, -0.15) is 0 Å². The molecule has 0 aliphatic carbocycles. The molecule has 1 N–H and O–H groups in total. The van der Waals surface area contributed by atoms with Gasteiger partial charge in [0.15, 0.2) is 0 Å². The summed E-state index contributed by atoms with van der Waals surface area (Å²) in [6, 6.07) is 4.55. The van der Waals surface area contributed by atoms with Crippen molar-refractivity contribution in [2.45, 2.75) is 19.9 Å². The van der Waals surface area contributed by atoms with Crippen LogP contribution >= 0.6 is 0 Å². The van der Waals surface area contributed by atoms with Crippen molar-refractivity contribution < 1.29 is 19.4 Å². The maximum atomic E-state index is 11.3. The normalized spacial score (nSPS) is 10.6. The number of rotatable bonds is 5. The fourth-order valence-electron chi connectivity index (χ4n) is 1.69. The summed E-state index contributed by atoms with van der Waals surface area (Å²) in [7, 11) is 0. The average molecular weight is 263 g/mol. The first-order chi connectivity index (χ1) is 9.11. The molecule has 0 radical (unpaired) electrons. The Labute approximate surface area is 108 Å². The van der Waals surface area contributed by atoms with E-state index in [1.165, 1.54) is 16.8 Å². The lowest BCUT2D eigenvalue weighted by Gasteiger charge is -2.03.